The topological polar surface area (TPSA) is 79.9 Å². The van der Waals surface area contributed by atoms with Crippen LogP contribution in [0.4, 0.5) is 0 Å². The van der Waals surface area contributed by atoms with Crippen LogP contribution in [0.25, 0.3) is 11.4 Å². The number of aromatic amines is 1. The van der Waals surface area contributed by atoms with Crippen molar-refractivity contribution in [2.45, 2.75) is 19.9 Å². The molecule has 20 heavy (non-hydrogen) atoms. The maximum absolute atomic E-state index is 12.0. The molecule has 2 aromatic rings. The number of hydrogen-bond donors (Lipinski definition) is 2. The molecule has 1 heterocycles. The lowest BCUT2D eigenvalue weighted by atomic mass is 10.2. The Labute approximate surface area is 117 Å². The highest BCUT2D eigenvalue weighted by atomic mass is 16.5. The summed E-state index contributed by atoms with van der Waals surface area (Å²) in [5, 5.41) is 11.1. The molecule has 0 bridgehead atoms. The maximum atomic E-state index is 12.0. The van der Waals surface area contributed by atoms with Gasteiger partial charge in [-0.15, -0.1) is 10.2 Å². The summed E-state index contributed by atoms with van der Waals surface area (Å²) < 4.78 is 5.53. The number of H-pyrrole nitrogens is 1. The fourth-order valence-corrected chi connectivity index (χ4v) is 1.83. The van der Waals surface area contributed by atoms with Gasteiger partial charge in [0.2, 0.25) is 0 Å². The van der Waals surface area contributed by atoms with Crippen molar-refractivity contribution in [2.24, 2.45) is 0 Å². The van der Waals surface area contributed by atoms with Crippen LogP contribution >= 0.6 is 0 Å². The van der Waals surface area contributed by atoms with Crippen LogP contribution in [-0.2, 0) is 0 Å². The van der Waals surface area contributed by atoms with Crippen molar-refractivity contribution in [1.29, 1.82) is 0 Å². The number of hydrogen-bond acceptors (Lipinski definition) is 5. The Kier molecular flexibility index (Phi) is 4.47. The number of ether oxygens (including phenoxy) is 1. The van der Waals surface area contributed by atoms with Crippen LogP contribution in [0.1, 0.15) is 25.6 Å². The van der Waals surface area contributed by atoms with Crippen molar-refractivity contribution in [3.05, 3.63) is 40.3 Å². The van der Waals surface area contributed by atoms with Crippen molar-refractivity contribution >= 4 is 0 Å². The first-order chi connectivity index (χ1) is 9.67. The number of rotatable bonds is 5. The predicted octanol–water partition coefficient (Wildman–Crippen LogP) is 1.51. The monoisotopic (exact) mass is 274 g/mol. The van der Waals surface area contributed by atoms with E-state index in [2.05, 4.69) is 20.5 Å². The minimum Gasteiger partial charge on any atom is -0.493 e. The third-order valence-corrected chi connectivity index (χ3v) is 3.01. The second kappa shape index (κ2) is 6.29. The molecular weight excluding hydrogens is 256 g/mol. The molecule has 0 saturated heterocycles. The van der Waals surface area contributed by atoms with Gasteiger partial charge in [0, 0.05) is 0 Å². The first-order valence-corrected chi connectivity index (χ1v) is 6.53. The van der Waals surface area contributed by atoms with Gasteiger partial charge < -0.3 is 15.0 Å². The highest BCUT2D eigenvalue weighted by Gasteiger charge is 2.14. The number of aromatic nitrogens is 3. The molecular formula is C14H18N4O2. The molecule has 0 aliphatic heterocycles. The van der Waals surface area contributed by atoms with E-state index in [1.54, 1.807) is 7.05 Å². The molecule has 0 radical (unpaired) electrons. The van der Waals surface area contributed by atoms with E-state index in [1.807, 2.05) is 38.1 Å². The Bertz CT molecular complexity index is 639. The first-order valence-electron chi connectivity index (χ1n) is 6.53. The molecule has 106 valence electrons. The second-order valence-corrected chi connectivity index (χ2v) is 4.33. The average Bonchev–Trinajstić information content (AvgIpc) is 2.47. The number of nitrogens with one attached hydrogen (secondary N) is 2. The third-order valence-electron chi connectivity index (χ3n) is 3.01. The van der Waals surface area contributed by atoms with Crippen LogP contribution in [0.5, 0.6) is 5.75 Å². The summed E-state index contributed by atoms with van der Waals surface area (Å²) in [5.41, 5.74) is 0.843. The standard InChI is InChI=1S/C14H18N4O2/c1-4-20-11-8-6-5-7-10(11)13-16-14(19)12(17-18-13)9(2)15-3/h5-9,15H,4H2,1-3H3,(H,16,18,19). The van der Waals surface area contributed by atoms with E-state index < -0.39 is 0 Å². The molecule has 1 atom stereocenters. The van der Waals surface area contributed by atoms with Crippen molar-refractivity contribution in [3.63, 3.8) is 0 Å². The minimum absolute atomic E-state index is 0.151. The van der Waals surface area contributed by atoms with Gasteiger partial charge in [-0.1, -0.05) is 12.1 Å². The molecule has 6 nitrogen and oxygen atoms in total. The van der Waals surface area contributed by atoms with Gasteiger partial charge in [-0.05, 0) is 33.0 Å². The molecule has 0 aliphatic carbocycles. The van der Waals surface area contributed by atoms with Gasteiger partial charge >= 0.3 is 0 Å². The highest BCUT2D eigenvalue weighted by molar-refractivity contribution is 5.63. The van der Waals surface area contributed by atoms with E-state index in [9.17, 15) is 4.79 Å². The zero-order valence-corrected chi connectivity index (χ0v) is 11.8. The number of nitrogens with zero attached hydrogens (tertiary/aromatic N) is 2. The molecule has 0 saturated carbocycles. The van der Waals surface area contributed by atoms with Gasteiger partial charge in [0.25, 0.3) is 5.56 Å². The molecule has 1 aromatic carbocycles. The number of para-hydroxylation sites is 1. The van der Waals surface area contributed by atoms with Gasteiger partial charge in [0.05, 0.1) is 18.2 Å². The molecule has 2 rings (SSSR count). The second-order valence-electron chi connectivity index (χ2n) is 4.33. The van der Waals surface area contributed by atoms with E-state index in [1.165, 1.54) is 0 Å². The van der Waals surface area contributed by atoms with E-state index in [0.29, 0.717) is 23.9 Å². The molecule has 1 unspecified atom stereocenters. The van der Waals surface area contributed by atoms with E-state index >= 15 is 0 Å². The van der Waals surface area contributed by atoms with Gasteiger partial charge in [-0.25, -0.2) is 0 Å². The van der Waals surface area contributed by atoms with Crippen LogP contribution in [0.15, 0.2) is 29.1 Å². The summed E-state index contributed by atoms with van der Waals surface area (Å²) in [5.74, 6) is 1.08. The fraction of sp³-hybridized carbons (Fsp3) is 0.357. The number of benzene rings is 1. The van der Waals surface area contributed by atoms with Crippen LogP contribution in [0.3, 0.4) is 0 Å². The van der Waals surface area contributed by atoms with Crippen LogP contribution < -0.4 is 15.6 Å². The van der Waals surface area contributed by atoms with Crippen molar-refractivity contribution < 1.29 is 4.74 Å². The minimum atomic E-state index is -0.247. The Hall–Kier alpha value is -2.21. The van der Waals surface area contributed by atoms with Crippen molar-refractivity contribution in [2.75, 3.05) is 13.7 Å². The smallest absolute Gasteiger partial charge is 0.274 e. The lowest BCUT2D eigenvalue weighted by Gasteiger charge is -2.10. The fourth-order valence-electron chi connectivity index (χ4n) is 1.83. The van der Waals surface area contributed by atoms with Crippen LogP contribution in [0.2, 0.25) is 0 Å². The molecule has 0 amide bonds. The summed E-state index contributed by atoms with van der Waals surface area (Å²) in [6.07, 6.45) is 0. The molecule has 0 spiro atoms. The van der Waals surface area contributed by atoms with Crippen molar-refractivity contribution in [1.82, 2.24) is 20.5 Å². The summed E-state index contributed by atoms with van der Waals surface area (Å²) >= 11 is 0. The van der Waals surface area contributed by atoms with E-state index in [0.717, 1.165) is 5.56 Å². The first kappa shape index (κ1) is 14.2. The Morgan fingerprint density at radius 2 is 2.10 bits per heavy atom. The Morgan fingerprint density at radius 3 is 2.75 bits per heavy atom. The van der Waals surface area contributed by atoms with Crippen molar-refractivity contribution in [3.8, 4) is 17.1 Å². The Balaban J connectivity index is 2.44. The largest absolute Gasteiger partial charge is 0.493 e. The molecule has 0 fully saturated rings. The van der Waals surface area contributed by atoms with E-state index in [-0.39, 0.29) is 11.6 Å². The van der Waals surface area contributed by atoms with Gasteiger partial charge in [-0.2, -0.15) is 0 Å². The van der Waals surface area contributed by atoms with E-state index in [4.69, 9.17) is 4.74 Å². The summed E-state index contributed by atoms with van der Waals surface area (Å²) in [6, 6.07) is 7.26. The zero-order chi connectivity index (χ0) is 14.5. The Morgan fingerprint density at radius 1 is 1.35 bits per heavy atom. The van der Waals surface area contributed by atoms with Gasteiger partial charge in [-0.3, -0.25) is 4.79 Å². The summed E-state index contributed by atoms with van der Waals surface area (Å²) in [7, 11) is 1.77. The SMILES string of the molecule is CCOc1ccccc1-c1nnc(C(C)NC)c(=O)[nH]1. The zero-order valence-electron chi connectivity index (χ0n) is 11.8. The van der Waals surface area contributed by atoms with Gasteiger partial charge in [0.1, 0.15) is 11.4 Å². The summed E-state index contributed by atoms with van der Waals surface area (Å²) in [4.78, 5) is 14.8. The highest BCUT2D eigenvalue weighted by Crippen LogP contribution is 2.26. The lowest BCUT2D eigenvalue weighted by Crippen LogP contribution is -2.25. The van der Waals surface area contributed by atoms with Gasteiger partial charge in [0.15, 0.2) is 5.82 Å². The molecule has 2 N–H and O–H groups in total. The van der Waals surface area contributed by atoms with Crippen LogP contribution in [-0.4, -0.2) is 28.8 Å². The summed E-state index contributed by atoms with van der Waals surface area (Å²) in [6.45, 7) is 4.31. The average molecular weight is 274 g/mol. The molecule has 0 aliphatic rings. The quantitative estimate of drug-likeness (QED) is 0.864. The third kappa shape index (κ3) is 2.85. The molecule has 6 heteroatoms. The molecule has 1 aromatic heterocycles. The lowest BCUT2D eigenvalue weighted by molar-refractivity contribution is 0.341. The maximum Gasteiger partial charge on any atom is 0.274 e. The van der Waals surface area contributed by atoms with Crippen LogP contribution in [0, 0.1) is 0 Å². The normalized spacial score (nSPS) is 12.2. The predicted molar refractivity (Wildman–Crippen MR) is 76.7 cm³/mol.